The average molecular weight is 509 g/mol. The molecule has 0 unspecified atom stereocenters. The van der Waals surface area contributed by atoms with E-state index >= 15 is 0 Å². The molecule has 8 N–H and O–H groups in total. The van der Waals surface area contributed by atoms with Gasteiger partial charge in [-0.2, -0.15) is 0 Å². The molecule has 12 nitrogen and oxygen atoms in total. The van der Waals surface area contributed by atoms with Gasteiger partial charge in [-0.25, -0.2) is 4.79 Å². The maximum absolute atomic E-state index is 12.9. The number of nitrogens with two attached hydrogens (primary N) is 1. The molecule has 0 heterocycles. The van der Waals surface area contributed by atoms with Crippen LogP contribution < -0.4 is 21.7 Å². The average Bonchev–Trinajstić information content (AvgIpc) is 2.78. The van der Waals surface area contributed by atoms with E-state index < -0.39 is 66.4 Å². The number of rotatable bonds is 15. The lowest BCUT2D eigenvalue weighted by Gasteiger charge is -2.27. The van der Waals surface area contributed by atoms with Crippen molar-refractivity contribution in [3.8, 4) is 0 Å². The summed E-state index contributed by atoms with van der Waals surface area (Å²) in [5.41, 5.74) is 6.77. The molecule has 0 bridgehead atoms. The Balaban J connectivity index is 2.91. The Morgan fingerprint density at radius 1 is 0.861 bits per heavy atom. The maximum Gasteiger partial charge on any atom is 0.326 e. The lowest BCUT2D eigenvalue weighted by Crippen LogP contribution is -2.60. The molecule has 0 aliphatic heterocycles. The number of carbonyl (C=O) groups is 5. The molecule has 0 spiro atoms. The number of benzene rings is 1. The van der Waals surface area contributed by atoms with Crippen LogP contribution in [0.2, 0.25) is 0 Å². The fourth-order valence-electron chi connectivity index (χ4n) is 3.39. The number of hydrogen-bond acceptors (Lipinski definition) is 7. The fraction of sp³-hybridized carbons (Fsp3) is 0.542. The summed E-state index contributed by atoms with van der Waals surface area (Å²) in [6.45, 7) is 4.85. The molecule has 0 saturated heterocycles. The smallest absolute Gasteiger partial charge is 0.326 e. The van der Waals surface area contributed by atoms with Crippen molar-refractivity contribution in [3.63, 3.8) is 0 Å². The van der Waals surface area contributed by atoms with Gasteiger partial charge < -0.3 is 37.0 Å². The summed E-state index contributed by atoms with van der Waals surface area (Å²) in [7, 11) is 0. The fourth-order valence-corrected chi connectivity index (χ4v) is 3.39. The van der Waals surface area contributed by atoms with Crippen molar-refractivity contribution in [3.05, 3.63) is 35.9 Å². The van der Waals surface area contributed by atoms with E-state index in [9.17, 15) is 34.2 Å². The number of aliphatic hydroxyl groups excluding tert-OH is 1. The zero-order valence-corrected chi connectivity index (χ0v) is 20.6. The second-order valence-electron chi connectivity index (χ2n) is 9.05. The van der Waals surface area contributed by atoms with E-state index in [1.807, 2.05) is 6.07 Å². The largest absolute Gasteiger partial charge is 0.481 e. The molecule has 36 heavy (non-hydrogen) atoms. The van der Waals surface area contributed by atoms with Crippen molar-refractivity contribution in [2.45, 2.75) is 76.7 Å². The van der Waals surface area contributed by atoms with Crippen molar-refractivity contribution in [1.29, 1.82) is 0 Å². The minimum atomic E-state index is -1.47. The van der Waals surface area contributed by atoms with Crippen molar-refractivity contribution in [1.82, 2.24) is 16.0 Å². The number of aliphatic hydroxyl groups is 1. The van der Waals surface area contributed by atoms with Crippen LogP contribution in [-0.4, -0.2) is 75.3 Å². The summed E-state index contributed by atoms with van der Waals surface area (Å²) in [5, 5.41) is 35.4. The Hall–Kier alpha value is -3.51. The first-order chi connectivity index (χ1) is 16.8. The third-order valence-corrected chi connectivity index (χ3v) is 5.30. The Labute approximate surface area is 209 Å². The predicted octanol–water partition coefficient (Wildman–Crippen LogP) is -0.613. The second-order valence-corrected chi connectivity index (χ2v) is 9.05. The molecular formula is C24H36N4O8. The summed E-state index contributed by atoms with van der Waals surface area (Å²) in [5.74, 6) is -5.09. The highest BCUT2D eigenvalue weighted by Gasteiger charge is 2.32. The van der Waals surface area contributed by atoms with Gasteiger partial charge >= 0.3 is 11.9 Å². The Bertz CT molecular complexity index is 907. The number of aliphatic carboxylic acids is 2. The molecular weight excluding hydrogens is 472 g/mol. The summed E-state index contributed by atoms with van der Waals surface area (Å²) in [4.78, 5) is 60.5. The Morgan fingerprint density at radius 2 is 1.44 bits per heavy atom. The lowest BCUT2D eigenvalue weighted by atomic mass is 10.0. The monoisotopic (exact) mass is 508 g/mol. The molecule has 0 aliphatic rings. The van der Waals surface area contributed by atoms with E-state index in [1.165, 1.54) is 6.92 Å². The van der Waals surface area contributed by atoms with Crippen LogP contribution >= 0.6 is 0 Å². The van der Waals surface area contributed by atoms with Crippen LogP contribution in [0.3, 0.4) is 0 Å². The van der Waals surface area contributed by atoms with Crippen LogP contribution in [0.4, 0.5) is 0 Å². The first kappa shape index (κ1) is 30.5. The molecule has 0 radical (unpaired) electrons. The van der Waals surface area contributed by atoms with Gasteiger partial charge in [0.2, 0.25) is 17.7 Å². The van der Waals surface area contributed by atoms with Crippen LogP contribution in [0, 0.1) is 5.92 Å². The van der Waals surface area contributed by atoms with Gasteiger partial charge in [0, 0.05) is 6.42 Å². The van der Waals surface area contributed by atoms with Gasteiger partial charge in [0.25, 0.3) is 0 Å². The molecule has 0 aromatic heterocycles. The van der Waals surface area contributed by atoms with Gasteiger partial charge in [-0.1, -0.05) is 44.2 Å². The number of carboxylic acid groups (broad SMARTS) is 2. The summed E-state index contributed by atoms with van der Waals surface area (Å²) in [6, 6.07) is 3.90. The number of amides is 3. The standard InChI is InChI=1S/C24H36N4O8/c1-13(2)11-18(22(33)26-17(24(35)36)9-10-19(30)31)27-23(34)20(14(3)29)28-21(32)16(25)12-15-7-5-4-6-8-15/h4-8,13-14,16-18,20,29H,9-12,25H2,1-3H3,(H,26,33)(H,27,34)(H,28,32)(H,30,31)(H,35,36)/t14-,16+,17+,18+,20+/m1/s1. The van der Waals surface area contributed by atoms with Gasteiger partial charge in [-0.15, -0.1) is 0 Å². The van der Waals surface area contributed by atoms with Gasteiger partial charge in [-0.05, 0) is 37.7 Å². The van der Waals surface area contributed by atoms with Gasteiger partial charge in [0.05, 0.1) is 12.1 Å². The van der Waals surface area contributed by atoms with Crippen molar-refractivity contribution >= 4 is 29.7 Å². The normalized spacial score (nSPS) is 15.2. The minimum Gasteiger partial charge on any atom is -0.481 e. The second kappa shape index (κ2) is 14.8. The highest BCUT2D eigenvalue weighted by atomic mass is 16.4. The number of nitrogens with one attached hydrogen (secondary N) is 3. The molecule has 0 fully saturated rings. The zero-order chi connectivity index (χ0) is 27.4. The van der Waals surface area contributed by atoms with Crippen LogP contribution in [0.5, 0.6) is 0 Å². The molecule has 5 atom stereocenters. The molecule has 0 saturated carbocycles. The van der Waals surface area contributed by atoms with Crippen LogP contribution in [-0.2, 0) is 30.4 Å². The molecule has 1 aromatic carbocycles. The third-order valence-electron chi connectivity index (χ3n) is 5.30. The highest BCUT2D eigenvalue weighted by Crippen LogP contribution is 2.09. The molecule has 200 valence electrons. The lowest BCUT2D eigenvalue weighted by molar-refractivity contribution is -0.143. The zero-order valence-electron chi connectivity index (χ0n) is 20.6. The van der Waals surface area contributed by atoms with E-state index in [1.54, 1.807) is 38.1 Å². The quantitative estimate of drug-likeness (QED) is 0.161. The van der Waals surface area contributed by atoms with Gasteiger partial charge in [0.15, 0.2) is 0 Å². The summed E-state index contributed by atoms with van der Waals surface area (Å²) in [6.07, 6.45) is -1.83. The minimum absolute atomic E-state index is 0.0952. The molecule has 1 rings (SSSR count). The van der Waals surface area contributed by atoms with Crippen molar-refractivity contribution in [2.24, 2.45) is 11.7 Å². The summed E-state index contributed by atoms with van der Waals surface area (Å²) >= 11 is 0. The highest BCUT2D eigenvalue weighted by molar-refractivity contribution is 5.94. The van der Waals surface area contributed by atoms with E-state index in [4.69, 9.17) is 10.8 Å². The Kier molecular flexibility index (Phi) is 12.5. The van der Waals surface area contributed by atoms with Crippen molar-refractivity contribution in [2.75, 3.05) is 0 Å². The van der Waals surface area contributed by atoms with E-state index in [2.05, 4.69) is 16.0 Å². The van der Waals surface area contributed by atoms with Crippen LogP contribution in [0.15, 0.2) is 30.3 Å². The molecule has 1 aromatic rings. The predicted molar refractivity (Wildman–Crippen MR) is 130 cm³/mol. The van der Waals surface area contributed by atoms with Crippen LogP contribution in [0.25, 0.3) is 0 Å². The van der Waals surface area contributed by atoms with Crippen molar-refractivity contribution < 1.29 is 39.3 Å². The topological polar surface area (TPSA) is 208 Å². The third kappa shape index (κ3) is 10.8. The van der Waals surface area contributed by atoms with Gasteiger partial charge in [-0.3, -0.25) is 19.2 Å². The van der Waals surface area contributed by atoms with E-state index in [0.29, 0.717) is 0 Å². The number of hydrogen-bond donors (Lipinski definition) is 7. The molecule has 12 heteroatoms. The first-order valence-corrected chi connectivity index (χ1v) is 11.6. The van der Waals surface area contributed by atoms with E-state index in [0.717, 1.165) is 5.56 Å². The first-order valence-electron chi connectivity index (χ1n) is 11.6. The maximum atomic E-state index is 12.9. The van der Waals surface area contributed by atoms with E-state index in [-0.39, 0.29) is 25.2 Å². The van der Waals surface area contributed by atoms with Gasteiger partial charge in [0.1, 0.15) is 18.1 Å². The van der Waals surface area contributed by atoms with Crippen LogP contribution in [0.1, 0.15) is 45.6 Å². The number of carbonyl (C=O) groups excluding carboxylic acids is 3. The molecule has 0 aliphatic carbocycles. The molecule has 3 amide bonds. The SMILES string of the molecule is CC(C)C[C@H](NC(=O)[C@@H](NC(=O)[C@@H](N)Cc1ccccc1)[C@@H](C)O)C(=O)N[C@@H](CCC(=O)O)C(=O)O. The number of carboxylic acids is 2. The Morgan fingerprint density at radius 3 is 1.94 bits per heavy atom. The summed E-state index contributed by atoms with van der Waals surface area (Å²) < 4.78 is 0.